The molecule has 1 aromatic rings. The standard InChI is InChI=1S/C16H25BrN2O/c1-11(2)9-10-18-16(20)13(4)19-12(3)14-5-7-15(17)8-6-14/h5-8,11-13,19H,9-10H2,1-4H3,(H,18,20). The van der Waals surface area contributed by atoms with E-state index in [0.29, 0.717) is 5.92 Å². The van der Waals surface area contributed by atoms with Crippen molar-refractivity contribution in [3.8, 4) is 0 Å². The summed E-state index contributed by atoms with van der Waals surface area (Å²) in [5.41, 5.74) is 1.18. The Kier molecular flexibility index (Phi) is 7.24. The predicted molar refractivity (Wildman–Crippen MR) is 87.6 cm³/mol. The average molecular weight is 341 g/mol. The Balaban J connectivity index is 2.42. The Hall–Kier alpha value is -0.870. The smallest absolute Gasteiger partial charge is 0.236 e. The fourth-order valence-electron chi connectivity index (χ4n) is 1.94. The van der Waals surface area contributed by atoms with E-state index in [4.69, 9.17) is 0 Å². The van der Waals surface area contributed by atoms with E-state index in [2.05, 4.69) is 59.5 Å². The van der Waals surface area contributed by atoms with Crippen LogP contribution in [0.25, 0.3) is 0 Å². The highest BCUT2D eigenvalue weighted by molar-refractivity contribution is 9.10. The van der Waals surface area contributed by atoms with Gasteiger partial charge in [-0.1, -0.05) is 41.9 Å². The minimum absolute atomic E-state index is 0.0645. The quantitative estimate of drug-likeness (QED) is 0.795. The average Bonchev–Trinajstić information content (AvgIpc) is 2.38. The van der Waals surface area contributed by atoms with Crippen LogP contribution >= 0.6 is 15.9 Å². The lowest BCUT2D eigenvalue weighted by atomic mass is 10.1. The van der Waals surface area contributed by atoms with Gasteiger partial charge in [0.15, 0.2) is 0 Å². The van der Waals surface area contributed by atoms with E-state index in [0.717, 1.165) is 17.4 Å². The summed E-state index contributed by atoms with van der Waals surface area (Å²) in [5.74, 6) is 0.676. The first-order valence-corrected chi connectivity index (χ1v) is 7.98. The summed E-state index contributed by atoms with van der Waals surface area (Å²) in [6.45, 7) is 9.03. The highest BCUT2D eigenvalue weighted by Crippen LogP contribution is 2.16. The van der Waals surface area contributed by atoms with Crippen molar-refractivity contribution >= 4 is 21.8 Å². The van der Waals surface area contributed by atoms with Crippen molar-refractivity contribution in [1.82, 2.24) is 10.6 Å². The molecule has 2 N–H and O–H groups in total. The summed E-state index contributed by atoms with van der Waals surface area (Å²) in [6.07, 6.45) is 1.01. The van der Waals surface area contributed by atoms with Crippen LogP contribution in [-0.4, -0.2) is 18.5 Å². The Morgan fingerprint density at radius 1 is 1.15 bits per heavy atom. The molecule has 0 aliphatic rings. The molecule has 4 heteroatoms. The summed E-state index contributed by atoms with van der Waals surface area (Å²) in [7, 11) is 0. The van der Waals surface area contributed by atoms with E-state index in [1.165, 1.54) is 5.56 Å². The molecule has 0 radical (unpaired) electrons. The molecule has 3 nitrogen and oxygen atoms in total. The number of nitrogens with one attached hydrogen (secondary N) is 2. The fraction of sp³-hybridized carbons (Fsp3) is 0.562. The lowest BCUT2D eigenvalue weighted by Gasteiger charge is -2.20. The molecule has 0 spiro atoms. The maximum absolute atomic E-state index is 12.0. The highest BCUT2D eigenvalue weighted by atomic mass is 79.9. The summed E-state index contributed by atoms with van der Waals surface area (Å²) in [4.78, 5) is 12.0. The fourth-order valence-corrected chi connectivity index (χ4v) is 2.20. The van der Waals surface area contributed by atoms with Crippen LogP contribution in [0.4, 0.5) is 0 Å². The van der Waals surface area contributed by atoms with Crippen molar-refractivity contribution in [1.29, 1.82) is 0 Å². The van der Waals surface area contributed by atoms with Gasteiger partial charge < -0.3 is 5.32 Å². The first kappa shape index (κ1) is 17.2. The van der Waals surface area contributed by atoms with Crippen LogP contribution < -0.4 is 10.6 Å². The lowest BCUT2D eigenvalue weighted by Crippen LogP contribution is -2.43. The second-order valence-corrected chi connectivity index (χ2v) is 6.55. The predicted octanol–water partition coefficient (Wildman–Crippen LogP) is 3.65. The number of hydrogen-bond acceptors (Lipinski definition) is 2. The van der Waals surface area contributed by atoms with E-state index in [9.17, 15) is 4.79 Å². The first-order chi connectivity index (χ1) is 9.40. The molecule has 0 bridgehead atoms. The Bertz CT molecular complexity index is 417. The Morgan fingerprint density at radius 2 is 1.75 bits per heavy atom. The maximum atomic E-state index is 12.0. The molecule has 1 amide bonds. The number of carbonyl (C=O) groups excluding carboxylic acids is 1. The second-order valence-electron chi connectivity index (χ2n) is 5.64. The first-order valence-electron chi connectivity index (χ1n) is 7.19. The summed E-state index contributed by atoms with van der Waals surface area (Å²) >= 11 is 3.42. The van der Waals surface area contributed by atoms with Gasteiger partial charge in [0, 0.05) is 17.1 Å². The van der Waals surface area contributed by atoms with Gasteiger partial charge in [-0.3, -0.25) is 10.1 Å². The number of amides is 1. The minimum Gasteiger partial charge on any atom is -0.355 e. The second kappa shape index (κ2) is 8.42. The van der Waals surface area contributed by atoms with Crippen LogP contribution in [0.2, 0.25) is 0 Å². The zero-order valence-electron chi connectivity index (χ0n) is 12.7. The van der Waals surface area contributed by atoms with Gasteiger partial charge in [0.1, 0.15) is 0 Å². The van der Waals surface area contributed by atoms with Crippen LogP contribution in [0.5, 0.6) is 0 Å². The third-order valence-corrected chi connectivity index (χ3v) is 3.81. The zero-order valence-corrected chi connectivity index (χ0v) is 14.3. The van der Waals surface area contributed by atoms with Crippen molar-refractivity contribution in [3.05, 3.63) is 34.3 Å². The molecule has 0 fully saturated rings. The van der Waals surface area contributed by atoms with Gasteiger partial charge in [-0.25, -0.2) is 0 Å². The molecule has 0 aromatic heterocycles. The number of rotatable bonds is 7. The van der Waals surface area contributed by atoms with Crippen LogP contribution in [0.1, 0.15) is 45.7 Å². The summed E-state index contributed by atoms with van der Waals surface area (Å²) < 4.78 is 1.06. The summed E-state index contributed by atoms with van der Waals surface area (Å²) in [6, 6.07) is 8.10. The number of benzene rings is 1. The van der Waals surface area contributed by atoms with Crippen LogP contribution in [-0.2, 0) is 4.79 Å². The van der Waals surface area contributed by atoms with E-state index in [1.54, 1.807) is 0 Å². The molecule has 1 aromatic carbocycles. The zero-order chi connectivity index (χ0) is 15.1. The van der Waals surface area contributed by atoms with Crippen molar-refractivity contribution in [3.63, 3.8) is 0 Å². The van der Waals surface area contributed by atoms with E-state index in [1.807, 2.05) is 19.1 Å². The minimum atomic E-state index is -0.194. The molecular formula is C16H25BrN2O. The van der Waals surface area contributed by atoms with Crippen LogP contribution in [0.15, 0.2) is 28.7 Å². The molecule has 0 saturated heterocycles. The van der Waals surface area contributed by atoms with Crippen molar-refractivity contribution in [2.75, 3.05) is 6.54 Å². The van der Waals surface area contributed by atoms with Crippen molar-refractivity contribution in [2.24, 2.45) is 5.92 Å². The number of hydrogen-bond donors (Lipinski definition) is 2. The molecule has 20 heavy (non-hydrogen) atoms. The molecule has 1 rings (SSSR count). The Morgan fingerprint density at radius 3 is 2.30 bits per heavy atom. The van der Waals surface area contributed by atoms with Gasteiger partial charge in [-0.05, 0) is 43.9 Å². The molecule has 0 aliphatic heterocycles. The maximum Gasteiger partial charge on any atom is 0.236 e. The molecule has 0 aliphatic carbocycles. The number of carbonyl (C=O) groups is 1. The van der Waals surface area contributed by atoms with Gasteiger partial charge >= 0.3 is 0 Å². The van der Waals surface area contributed by atoms with Gasteiger partial charge in [0.25, 0.3) is 0 Å². The van der Waals surface area contributed by atoms with Gasteiger partial charge in [0.2, 0.25) is 5.91 Å². The topological polar surface area (TPSA) is 41.1 Å². The van der Waals surface area contributed by atoms with Crippen molar-refractivity contribution in [2.45, 2.75) is 46.2 Å². The molecule has 2 atom stereocenters. The largest absolute Gasteiger partial charge is 0.355 e. The monoisotopic (exact) mass is 340 g/mol. The lowest BCUT2D eigenvalue weighted by molar-refractivity contribution is -0.122. The van der Waals surface area contributed by atoms with Gasteiger partial charge in [0.05, 0.1) is 6.04 Å². The molecule has 0 heterocycles. The summed E-state index contributed by atoms with van der Waals surface area (Å²) in [5, 5.41) is 6.30. The van der Waals surface area contributed by atoms with Crippen LogP contribution in [0, 0.1) is 5.92 Å². The van der Waals surface area contributed by atoms with Crippen molar-refractivity contribution < 1.29 is 4.79 Å². The van der Waals surface area contributed by atoms with Gasteiger partial charge in [-0.2, -0.15) is 0 Å². The van der Waals surface area contributed by atoms with Crippen LogP contribution in [0.3, 0.4) is 0 Å². The third kappa shape index (κ3) is 6.06. The Labute approximate surface area is 130 Å². The molecule has 2 unspecified atom stereocenters. The molecule has 0 saturated carbocycles. The highest BCUT2D eigenvalue weighted by Gasteiger charge is 2.15. The third-order valence-electron chi connectivity index (χ3n) is 3.28. The SMILES string of the molecule is CC(C)CCNC(=O)C(C)NC(C)c1ccc(Br)cc1. The number of halogens is 1. The molecular weight excluding hydrogens is 316 g/mol. The normalized spacial score (nSPS) is 14.1. The van der Waals surface area contributed by atoms with E-state index < -0.39 is 0 Å². The van der Waals surface area contributed by atoms with E-state index >= 15 is 0 Å². The van der Waals surface area contributed by atoms with Gasteiger partial charge in [-0.15, -0.1) is 0 Å². The van der Waals surface area contributed by atoms with E-state index in [-0.39, 0.29) is 18.0 Å². The molecule has 112 valence electrons.